The zero-order valence-electron chi connectivity index (χ0n) is 19.7. The fraction of sp³-hybridized carbons (Fsp3) is 0.346. The average molecular weight is 481 g/mol. The largest absolute Gasteiger partial charge is 0.485 e. The van der Waals surface area contributed by atoms with Gasteiger partial charge in [-0.2, -0.15) is 0 Å². The molecule has 2 heterocycles. The van der Waals surface area contributed by atoms with Crippen molar-refractivity contribution in [3.8, 4) is 16.7 Å². The van der Waals surface area contributed by atoms with E-state index in [1.165, 1.54) is 18.9 Å². The Bertz CT molecular complexity index is 1170. The highest BCUT2D eigenvalue weighted by Gasteiger charge is 2.34. The lowest BCUT2D eigenvalue weighted by Gasteiger charge is -2.28. The number of nitrogens with zero attached hydrogens (tertiary/aromatic N) is 1. The molecule has 3 aromatic rings. The summed E-state index contributed by atoms with van der Waals surface area (Å²) in [6, 6.07) is 15.1. The molecule has 2 aromatic carbocycles. The summed E-state index contributed by atoms with van der Waals surface area (Å²) in [6.45, 7) is 5.58. The lowest BCUT2D eigenvalue weighted by Crippen LogP contribution is -2.49. The van der Waals surface area contributed by atoms with E-state index in [0.717, 1.165) is 35.5 Å². The number of carbonyl (C=O) groups is 2. The Kier molecular flexibility index (Phi) is 6.88. The van der Waals surface area contributed by atoms with Crippen molar-refractivity contribution >= 4 is 23.2 Å². The molecule has 0 saturated carbocycles. The van der Waals surface area contributed by atoms with Gasteiger partial charge in [-0.3, -0.25) is 4.79 Å². The van der Waals surface area contributed by atoms with Crippen LogP contribution in [-0.2, 0) is 16.0 Å². The molecule has 7 nitrogen and oxygen atoms in total. The quantitative estimate of drug-likeness (QED) is 0.481. The van der Waals surface area contributed by atoms with Gasteiger partial charge in [0, 0.05) is 0 Å². The summed E-state index contributed by atoms with van der Waals surface area (Å²) in [4.78, 5) is 29.4. The molecule has 4 rings (SSSR count). The van der Waals surface area contributed by atoms with E-state index in [9.17, 15) is 9.59 Å². The van der Waals surface area contributed by atoms with E-state index in [2.05, 4.69) is 22.4 Å². The van der Waals surface area contributed by atoms with Crippen LogP contribution < -0.4 is 14.8 Å². The minimum atomic E-state index is -0.781. The fourth-order valence-corrected chi connectivity index (χ4v) is 4.48. The van der Waals surface area contributed by atoms with Crippen LogP contribution in [0.2, 0.25) is 0 Å². The molecule has 8 heteroatoms. The topological polar surface area (TPSA) is 86.8 Å². The number of hydrogen-bond acceptors (Lipinski definition) is 7. The summed E-state index contributed by atoms with van der Waals surface area (Å²) in [5.74, 6) is 0.586. The normalized spacial score (nSPS) is 16.1. The summed E-state index contributed by atoms with van der Waals surface area (Å²) in [5.41, 5.74) is 1.74. The number of amides is 1. The van der Waals surface area contributed by atoms with Gasteiger partial charge in [0.15, 0.2) is 0 Å². The van der Waals surface area contributed by atoms with Crippen molar-refractivity contribution in [1.29, 1.82) is 0 Å². The Morgan fingerprint density at radius 2 is 1.94 bits per heavy atom. The monoisotopic (exact) mass is 480 g/mol. The highest BCUT2D eigenvalue weighted by molar-refractivity contribution is 7.15. The van der Waals surface area contributed by atoms with Crippen molar-refractivity contribution in [3.63, 3.8) is 0 Å². The van der Waals surface area contributed by atoms with Crippen molar-refractivity contribution < 1.29 is 23.8 Å². The number of hydrogen-bond donors (Lipinski definition) is 1. The summed E-state index contributed by atoms with van der Waals surface area (Å²) < 4.78 is 16.9. The first-order valence-corrected chi connectivity index (χ1v) is 11.9. The highest BCUT2D eigenvalue weighted by Crippen LogP contribution is 2.38. The second-order valence-electron chi connectivity index (χ2n) is 9.21. The number of ether oxygens (including phenoxy) is 3. The third-order valence-electron chi connectivity index (χ3n) is 5.64. The Morgan fingerprint density at radius 1 is 1.18 bits per heavy atom. The van der Waals surface area contributed by atoms with Gasteiger partial charge >= 0.3 is 5.97 Å². The highest BCUT2D eigenvalue weighted by atomic mass is 32.1. The van der Waals surface area contributed by atoms with Crippen LogP contribution in [-0.4, -0.2) is 30.0 Å². The van der Waals surface area contributed by atoms with Gasteiger partial charge in [0.25, 0.3) is 11.1 Å². The second kappa shape index (κ2) is 9.85. The van der Waals surface area contributed by atoms with Crippen molar-refractivity contribution in [3.05, 3.63) is 70.7 Å². The molecule has 0 bridgehead atoms. The Hall–Kier alpha value is -3.39. The van der Waals surface area contributed by atoms with Gasteiger partial charge < -0.3 is 19.5 Å². The SMILES string of the molecule is COC(=O)[C@@H](NC(=O)c1cnc(Oc2ccc3c(c2)CC[C@@H](c2ccccc2)O3)s1)C(C)(C)C. The summed E-state index contributed by atoms with van der Waals surface area (Å²) >= 11 is 1.11. The second-order valence-corrected chi connectivity index (χ2v) is 10.2. The summed E-state index contributed by atoms with van der Waals surface area (Å²) in [5, 5.41) is 3.09. The number of nitrogens with one attached hydrogen (secondary N) is 1. The van der Waals surface area contributed by atoms with Gasteiger partial charge in [0.2, 0.25) is 0 Å². The molecule has 0 saturated heterocycles. The molecule has 0 spiro atoms. The van der Waals surface area contributed by atoms with Crippen molar-refractivity contribution in [1.82, 2.24) is 10.3 Å². The Morgan fingerprint density at radius 3 is 2.65 bits per heavy atom. The van der Waals surface area contributed by atoms with E-state index in [1.807, 2.05) is 57.2 Å². The van der Waals surface area contributed by atoms with Crippen LogP contribution >= 0.6 is 11.3 Å². The Labute approximate surface area is 203 Å². The molecule has 1 aromatic heterocycles. The molecular weight excluding hydrogens is 452 g/mol. The minimum Gasteiger partial charge on any atom is -0.485 e. The van der Waals surface area contributed by atoms with Gasteiger partial charge in [-0.05, 0) is 47.6 Å². The first kappa shape index (κ1) is 23.8. The molecular formula is C26H28N2O5S. The number of carbonyl (C=O) groups excluding carboxylic acids is 2. The van der Waals surface area contributed by atoms with Crippen LogP contribution in [0.15, 0.2) is 54.7 Å². The number of aromatic nitrogens is 1. The number of benzene rings is 2. The number of aryl methyl sites for hydroxylation is 1. The third-order valence-corrected chi connectivity index (χ3v) is 6.51. The van der Waals surface area contributed by atoms with E-state index in [-0.39, 0.29) is 6.10 Å². The maximum atomic E-state index is 12.7. The van der Waals surface area contributed by atoms with Crippen LogP contribution in [0, 0.1) is 5.41 Å². The molecule has 1 amide bonds. The van der Waals surface area contributed by atoms with E-state index in [4.69, 9.17) is 14.2 Å². The minimum absolute atomic E-state index is 0.0439. The summed E-state index contributed by atoms with van der Waals surface area (Å²) in [6.07, 6.45) is 3.25. The van der Waals surface area contributed by atoms with Gasteiger partial charge in [0.1, 0.15) is 28.5 Å². The first-order chi connectivity index (χ1) is 16.2. The van der Waals surface area contributed by atoms with Gasteiger partial charge in [-0.25, -0.2) is 9.78 Å². The van der Waals surface area contributed by atoms with Crippen LogP contribution in [0.4, 0.5) is 0 Å². The van der Waals surface area contributed by atoms with Gasteiger partial charge in [-0.1, -0.05) is 62.4 Å². The van der Waals surface area contributed by atoms with Crippen molar-refractivity contribution in [2.45, 2.75) is 45.8 Å². The Balaban J connectivity index is 1.42. The first-order valence-electron chi connectivity index (χ1n) is 11.1. The van der Waals surface area contributed by atoms with Crippen LogP contribution in [0.1, 0.15) is 54.1 Å². The molecule has 0 unspecified atom stereocenters. The molecule has 34 heavy (non-hydrogen) atoms. The van der Waals surface area contributed by atoms with E-state index in [1.54, 1.807) is 0 Å². The van der Waals surface area contributed by atoms with E-state index < -0.39 is 23.3 Å². The van der Waals surface area contributed by atoms with Crippen LogP contribution in [0.25, 0.3) is 0 Å². The van der Waals surface area contributed by atoms with E-state index >= 15 is 0 Å². The lowest BCUT2D eigenvalue weighted by molar-refractivity contribution is -0.145. The van der Waals surface area contributed by atoms with Crippen LogP contribution in [0.5, 0.6) is 16.7 Å². The predicted molar refractivity (Wildman–Crippen MR) is 129 cm³/mol. The molecule has 2 atom stereocenters. The number of fused-ring (bicyclic) bond motifs is 1. The molecule has 0 radical (unpaired) electrons. The molecule has 1 N–H and O–H groups in total. The fourth-order valence-electron chi connectivity index (χ4n) is 3.79. The molecule has 1 aliphatic heterocycles. The third kappa shape index (κ3) is 5.39. The summed E-state index contributed by atoms with van der Waals surface area (Å²) in [7, 11) is 1.30. The van der Waals surface area contributed by atoms with Gasteiger partial charge in [-0.15, -0.1) is 0 Å². The molecule has 1 aliphatic rings. The number of rotatable bonds is 6. The van der Waals surface area contributed by atoms with Gasteiger partial charge in [0.05, 0.1) is 13.3 Å². The maximum Gasteiger partial charge on any atom is 0.328 e. The number of esters is 1. The van der Waals surface area contributed by atoms with Crippen LogP contribution in [0.3, 0.4) is 0 Å². The van der Waals surface area contributed by atoms with Crippen molar-refractivity contribution in [2.75, 3.05) is 7.11 Å². The maximum absolute atomic E-state index is 12.7. The number of methoxy groups -OCH3 is 1. The zero-order valence-corrected chi connectivity index (χ0v) is 20.5. The standard InChI is InChI=1S/C26H28N2O5S/c1-26(2,3)22(24(30)31-4)28-23(29)21-15-27-25(34-21)32-18-11-13-20-17(14-18)10-12-19(33-20)16-8-6-5-7-9-16/h5-9,11,13-15,19,22H,10,12H2,1-4H3,(H,28,29)/t19-,22+/m0/s1. The molecule has 0 aliphatic carbocycles. The predicted octanol–water partition coefficient (Wildman–Crippen LogP) is 5.32. The zero-order chi connectivity index (χ0) is 24.3. The van der Waals surface area contributed by atoms with E-state index in [0.29, 0.717) is 15.8 Å². The van der Waals surface area contributed by atoms with Crippen molar-refractivity contribution in [2.24, 2.45) is 5.41 Å². The average Bonchev–Trinajstić information content (AvgIpc) is 3.30. The number of thiazole rings is 1. The molecule has 0 fully saturated rings. The lowest BCUT2D eigenvalue weighted by atomic mass is 9.86. The molecule has 178 valence electrons. The smallest absolute Gasteiger partial charge is 0.328 e.